The molecular weight excluding hydrogens is 603 g/mol. The zero-order valence-corrected chi connectivity index (χ0v) is 23.0. The molecule has 17 heteroatoms. The lowest BCUT2D eigenvalue weighted by molar-refractivity contribution is -0.192. The van der Waals surface area contributed by atoms with Gasteiger partial charge in [-0.1, -0.05) is 6.07 Å². The Bertz CT molecular complexity index is 1430. The molecule has 1 saturated heterocycles. The molecule has 14 nitrogen and oxygen atoms in total. The number of carboxylic acids is 3. The Labute approximate surface area is 246 Å². The second-order valence-corrected chi connectivity index (χ2v) is 10.8. The molecule has 1 spiro atoms. The summed E-state index contributed by atoms with van der Waals surface area (Å²) in [5.41, 5.74) is -0.443. The van der Waals surface area contributed by atoms with Crippen LogP contribution in [0.1, 0.15) is 43.2 Å². The summed E-state index contributed by atoms with van der Waals surface area (Å²) in [7, 11) is 1.95. The lowest BCUT2D eigenvalue weighted by Crippen LogP contribution is -2.74. The van der Waals surface area contributed by atoms with Crippen LogP contribution in [0.5, 0.6) is 11.5 Å². The Kier molecular flexibility index (Phi) is 8.58. The molecule has 0 radical (unpaired) electrons. The Balaban J connectivity index is 0.000000566. The second kappa shape index (κ2) is 11.6. The van der Waals surface area contributed by atoms with Crippen molar-refractivity contribution in [1.82, 2.24) is 4.90 Å². The number of aromatic hydroxyl groups is 1. The van der Waals surface area contributed by atoms with Crippen LogP contribution >= 0.6 is 0 Å². The van der Waals surface area contributed by atoms with Crippen molar-refractivity contribution in [2.75, 3.05) is 13.6 Å². The fourth-order valence-corrected chi connectivity index (χ4v) is 6.38. The highest BCUT2D eigenvalue weighted by molar-refractivity contribution is 5.84. The minimum Gasteiger partial charge on any atom is -0.504 e. The summed E-state index contributed by atoms with van der Waals surface area (Å²) >= 11 is 0. The number of carbonyl (C=O) groups excluding carboxylic acids is 2. The van der Waals surface area contributed by atoms with Gasteiger partial charge in [-0.15, -0.1) is 0 Å². The number of piperidine rings is 1. The van der Waals surface area contributed by atoms with Crippen LogP contribution in [0.2, 0.25) is 0 Å². The molecule has 5 rings (SSSR count). The van der Waals surface area contributed by atoms with Crippen LogP contribution in [0, 0.1) is 0 Å². The number of benzene rings is 1. The first-order valence-corrected chi connectivity index (χ1v) is 13.2. The van der Waals surface area contributed by atoms with Crippen LogP contribution in [-0.2, 0) is 45.3 Å². The highest BCUT2D eigenvalue weighted by Crippen LogP contribution is 2.65. The number of alkyl halides is 3. The minimum absolute atomic E-state index is 0.0648. The highest BCUT2D eigenvalue weighted by Gasteiger charge is 2.72. The van der Waals surface area contributed by atoms with E-state index in [0.29, 0.717) is 19.4 Å². The molecule has 2 aliphatic carbocycles. The number of carboxylic acid groups (broad SMARTS) is 3. The van der Waals surface area contributed by atoms with Gasteiger partial charge in [0.2, 0.25) is 6.10 Å². The Hall–Kier alpha value is -4.38. The lowest BCUT2D eigenvalue weighted by atomic mass is 9.50. The zero-order chi connectivity index (χ0) is 32.8. The van der Waals surface area contributed by atoms with E-state index in [1.165, 1.54) is 0 Å². The van der Waals surface area contributed by atoms with Gasteiger partial charge in [0.25, 0.3) is 0 Å². The largest absolute Gasteiger partial charge is 0.504 e. The average molecular weight is 632 g/mol. The first kappa shape index (κ1) is 32.5. The number of ether oxygens (including phenoxy) is 3. The van der Waals surface area contributed by atoms with E-state index in [9.17, 15) is 42.6 Å². The second-order valence-electron chi connectivity index (χ2n) is 10.8. The standard InChI is InChI=1S/C25H27NO11.C2HF3O2/c1-26-9-8-24-20-12-2-3-13(27)21(20)37-22(24)14(6-7-25(24,34)16(26)10-12)35-18(30)4-5-19(31)36-15(23(32)33)11-17(28)29;3-2(4,5)1(6)7/h2-3,6,15-16,22,27,34H,4-5,7-11H2,1H3,(H,28,29)(H,32,33);(H,6,7)/t15-,16-,22+,24+,25-;/m1./s1. The number of likely N-dealkylation sites (tertiary alicyclic amines) is 1. The molecule has 0 amide bonds. The van der Waals surface area contributed by atoms with Crippen molar-refractivity contribution in [1.29, 1.82) is 0 Å². The topological polar surface area (TPSA) is 217 Å². The Morgan fingerprint density at radius 2 is 1.75 bits per heavy atom. The predicted octanol–water partition coefficient (Wildman–Crippen LogP) is 1.10. The van der Waals surface area contributed by atoms with Gasteiger partial charge in [-0.05, 0) is 44.1 Å². The van der Waals surface area contributed by atoms with Crippen molar-refractivity contribution in [2.45, 2.75) is 74.0 Å². The molecule has 1 aromatic rings. The summed E-state index contributed by atoms with van der Waals surface area (Å²) < 4.78 is 48.2. The molecule has 240 valence electrons. The first-order valence-electron chi connectivity index (χ1n) is 13.2. The van der Waals surface area contributed by atoms with Crippen LogP contribution in [0.15, 0.2) is 24.0 Å². The van der Waals surface area contributed by atoms with Crippen molar-refractivity contribution >= 4 is 29.8 Å². The van der Waals surface area contributed by atoms with Crippen LogP contribution in [-0.4, -0.2) is 104 Å². The Morgan fingerprint density at radius 1 is 1.11 bits per heavy atom. The molecular formula is C27H28F3NO13. The summed E-state index contributed by atoms with van der Waals surface area (Å²) in [4.78, 5) is 57.5. The number of carbonyl (C=O) groups is 5. The molecule has 44 heavy (non-hydrogen) atoms. The number of likely N-dealkylation sites (N-methyl/N-ethyl adjacent to an activating group) is 1. The zero-order valence-electron chi connectivity index (χ0n) is 23.0. The molecule has 4 aliphatic rings. The molecule has 1 fully saturated rings. The van der Waals surface area contributed by atoms with Crippen LogP contribution in [0.25, 0.3) is 0 Å². The van der Waals surface area contributed by atoms with E-state index in [1.807, 2.05) is 13.1 Å². The predicted molar refractivity (Wildman–Crippen MR) is 135 cm³/mol. The number of hydrogen-bond acceptors (Lipinski definition) is 11. The van der Waals surface area contributed by atoms with Gasteiger partial charge in [0.15, 0.2) is 17.6 Å². The van der Waals surface area contributed by atoms with Crippen molar-refractivity contribution in [3.05, 3.63) is 35.1 Å². The summed E-state index contributed by atoms with van der Waals surface area (Å²) in [6, 6.07) is 3.18. The molecule has 0 saturated carbocycles. The number of aliphatic carboxylic acids is 3. The SMILES string of the molecule is CN1CC[C@]23c4c5ccc(O)c4O[C@H]2C(OC(=O)CCC(=O)O[C@H](CC(=O)O)C(=O)O)=CC[C@@]3(O)[C@H]1C5.O=C(O)C(F)(F)F. The van der Waals surface area contributed by atoms with E-state index in [0.717, 1.165) is 11.1 Å². The van der Waals surface area contributed by atoms with Gasteiger partial charge in [-0.3, -0.25) is 14.4 Å². The van der Waals surface area contributed by atoms with Crippen LogP contribution in [0.4, 0.5) is 13.2 Å². The maximum Gasteiger partial charge on any atom is 0.490 e. The number of esters is 2. The van der Waals surface area contributed by atoms with Gasteiger partial charge in [0.05, 0.1) is 30.3 Å². The van der Waals surface area contributed by atoms with E-state index in [1.54, 1.807) is 12.1 Å². The highest BCUT2D eigenvalue weighted by atomic mass is 19.4. The number of phenols is 1. The van der Waals surface area contributed by atoms with E-state index < -0.39 is 78.5 Å². The molecule has 2 aliphatic heterocycles. The van der Waals surface area contributed by atoms with Crippen molar-refractivity contribution in [3.8, 4) is 11.5 Å². The van der Waals surface area contributed by atoms with Crippen LogP contribution < -0.4 is 4.74 Å². The Morgan fingerprint density at radius 3 is 2.34 bits per heavy atom. The van der Waals surface area contributed by atoms with E-state index in [2.05, 4.69) is 9.64 Å². The van der Waals surface area contributed by atoms with Crippen molar-refractivity contribution < 1.29 is 76.9 Å². The third-order valence-corrected chi connectivity index (χ3v) is 8.27. The number of hydrogen-bond donors (Lipinski definition) is 5. The van der Waals surface area contributed by atoms with Crippen molar-refractivity contribution in [2.24, 2.45) is 0 Å². The molecule has 0 unspecified atom stereocenters. The number of nitrogens with zero attached hydrogens (tertiary/aromatic N) is 1. The van der Waals surface area contributed by atoms with E-state index in [4.69, 9.17) is 29.6 Å². The normalized spacial score (nSPS) is 26.9. The molecule has 5 N–H and O–H groups in total. The van der Waals surface area contributed by atoms with E-state index in [-0.39, 0.29) is 29.7 Å². The van der Waals surface area contributed by atoms with Gasteiger partial charge in [-0.2, -0.15) is 13.2 Å². The summed E-state index contributed by atoms with van der Waals surface area (Å²) in [6.45, 7) is 0.662. The third-order valence-electron chi connectivity index (χ3n) is 8.27. The maximum absolute atomic E-state index is 12.6. The average Bonchev–Trinajstić information content (AvgIpc) is 3.28. The number of aliphatic hydroxyl groups is 1. The third kappa shape index (κ3) is 5.63. The monoisotopic (exact) mass is 631 g/mol. The van der Waals surface area contributed by atoms with E-state index >= 15 is 0 Å². The fourth-order valence-electron chi connectivity index (χ4n) is 6.38. The minimum atomic E-state index is -5.08. The van der Waals surface area contributed by atoms with Crippen LogP contribution in [0.3, 0.4) is 0 Å². The van der Waals surface area contributed by atoms with Gasteiger partial charge < -0.3 is 44.6 Å². The lowest BCUT2D eigenvalue weighted by Gasteiger charge is -2.61. The summed E-state index contributed by atoms with van der Waals surface area (Å²) in [5.74, 6) is -7.30. The summed E-state index contributed by atoms with van der Waals surface area (Å²) in [6.07, 6.45) is -6.81. The van der Waals surface area contributed by atoms with Crippen molar-refractivity contribution in [3.63, 3.8) is 0 Å². The number of phenolic OH excluding ortho intramolecular Hbond substituents is 1. The first-order chi connectivity index (χ1) is 20.4. The molecule has 0 aromatic heterocycles. The molecule has 2 heterocycles. The maximum atomic E-state index is 12.6. The quantitative estimate of drug-likeness (QED) is 0.254. The smallest absolute Gasteiger partial charge is 0.490 e. The number of rotatable bonds is 8. The molecule has 2 bridgehead atoms. The molecule has 1 aromatic carbocycles. The van der Waals surface area contributed by atoms with Gasteiger partial charge in [0.1, 0.15) is 5.76 Å². The molecule has 5 atom stereocenters. The van der Waals surface area contributed by atoms with Gasteiger partial charge in [0, 0.05) is 18.0 Å². The fraction of sp³-hybridized carbons (Fsp3) is 0.519. The summed E-state index contributed by atoms with van der Waals surface area (Å²) in [5, 5.41) is 47.5. The van der Waals surface area contributed by atoms with Gasteiger partial charge >= 0.3 is 36.0 Å². The van der Waals surface area contributed by atoms with Gasteiger partial charge in [-0.25, -0.2) is 9.59 Å². The number of halogens is 3.